The smallest absolute Gasteiger partial charge is 0.341 e. The van der Waals surface area contributed by atoms with Gasteiger partial charge in [0.2, 0.25) is 0 Å². The number of carbonyl (C=O) groups is 2. The summed E-state index contributed by atoms with van der Waals surface area (Å²) in [5.41, 5.74) is -0.0679. The Morgan fingerprint density at radius 2 is 1.96 bits per heavy atom. The summed E-state index contributed by atoms with van der Waals surface area (Å²) >= 11 is 6.78. The number of rotatable bonds is 4. The van der Waals surface area contributed by atoms with Gasteiger partial charge in [-0.1, -0.05) is 0 Å². The van der Waals surface area contributed by atoms with Crippen molar-refractivity contribution in [3.8, 4) is 0 Å². The van der Waals surface area contributed by atoms with E-state index < -0.39 is 11.4 Å². The number of furan rings is 1. The third-order valence-corrected chi connectivity index (χ3v) is 6.58. The van der Waals surface area contributed by atoms with Gasteiger partial charge in [-0.15, -0.1) is 11.6 Å². The van der Waals surface area contributed by atoms with Gasteiger partial charge >= 0.3 is 11.9 Å². The Morgan fingerprint density at radius 3 is 2.56 bits per heavy atom. The van der Waals surface area contributed by atoms with Crippen molar-refractivity contribution >= 4 is 23.5 Å². The molecular formula is C19H23ClO5. The maximum absolute atomic E-state index is 12.9. The summed E-state index contributed by atoms with van der Waals surface area (Å²) in [5.74, 6) is 1.39. The van der Waals surface area contributed by atoms with Crippen LogP contribution in [0.1, 0.15) is 60.4 Å². The fourth-order valence-corrected chi connectivity index (χ4v) is 6.30. The van der Waals surface area contributed by atoms with Crippen molar-refractivity contribution in [1.29, 1.82) is 0 Å². The molecule has 0 saturated heterocycles. The Morgan fingerprint density at radius 1 is 1.28 bits per heavy atom. The Hall–Kier alpha value is -1.49. The zero-order valence-electron chi connectivity index (χ0n) is 14.6. The van der Waals surface area contributed by atoms with Crippen LogP contribution in [0.3, 0.4) is 0 Å². The standard InChI is InChI=1S/C19H23ClO5/c1-11-15(16(21)23-2)4-14(25-11)9-24-17(22)18-5-12-3-13(6-18)8-19(20,7-12)10-18/h4,12-13H,3,5-10H2,1-2H3/t12-,13+,18?,19?. The number of ether oxygens (including phenoxy) is 2. The van der Waals surface area contributed by atoms with Crippen molar-refractivity contribution in [2.75, 3.05) is 7.11 Å². The molecule has 4 saturated carbocycles. The molecule has 0 amide bonds. The molecule has 4 atom stereocenters. The van der Waals surface area contributed by atoms with Crippen molar-refractivity contribution in [2.24, 2.45) is 17.3 Å². The highest BCUT2D eigenvalue weighted by Gasteiger charge is 2.60. The molecule has 0 spiro atoms. The van der Waals surface area contributed by atoms with Crippen LogP contribution in [0.5, 0.6) is 0 Å². The van der Waals surface area contributed by atoms with E-state index in [1.165, 1.54) is 13.5 Å². The average Bonchev–Trinajstić information content (AvgIpc) is 2.90. The molecule has 4 bridgehead atoms. The van der Waals surface area contributed by atoms with E-state index in [2.05, 4.69) is 0 Å². The summed E-state index contributed by atoms with van der Waals surface area (Å²) in [7, 11) is 1.32. The quantitative estimate of drug-likeness (QED) is 0.595. The van der Waals surface area contributed by atoms with Gasteiger partial charge in [-0.25, -0.2) is 4.79 Å². The van der Waals surface area contributed by atoms with Crippen LogP contribution in [-0.4, -0.2) is 23.9 Å². The average molecular weight is 367 g/mol. The third kappa shape index (κ3) is 2.86. The van der Waals surface area contributed by atoms with Gasteiger partial charge in [-0.05, 0) is 63.4 Å². The molecule has 1 aromatic heterocycles. The fourth-order valence-electron chi connectivity index (χ4n) is 5.61. The molecule has 0 aromatic carbocycles. The molecule has 1 aromatic rings. The highest BCUT2D eigenvalue weighted by atomic mass is 35.5. The summed E-state index contributed by atoms with van der Waals surface area (Å²) < 4.78 is 15.8. The SMILES string of the molecule is COC(=O)c1cc(COC(=O)C23C[C@@H]4C[C@@H](CC(Cl)(C4)C2)C3)oc1C. The van der Waals surface area contributed by atoms with Crippen molar-refractivity contribution in [1.82, 2.24) is 0 Å². The third-order valence-electron chi connectivity index (χ3n) is 6.14. The Balaban J connectivity index is 1.45. The first-order valence-corrected chi connectivity index (χ1v) is 9.24. The highest BCUT2D eigenvalue weighted by Crippen LogP contribution is 2.64. The van der Waals surface area contributed by atoms with Gasteiger partial charge in [0, 0.05) is 4.87 Å². The van der Waals surface area contributed by atoms with E-state index in [0.29, 0.717) is 28.9 Å². The van der Waals surface area contributed by atoms with Gasteiger partial charge in [0.25, 0.3) is 0 Å². The van der Waals surface area contributed by atoms with Crippen molar-refractivity contribution in [3.05, 3.63) is 23.2 Å². The molecule has 2 unspecified atom stereocenters. The molecule has 0 N–H and O–H groups in total. The second kappa shape index (κ2) is 5.76. The highest BCUT2D eigenvalue weighted by molar-refractivity contribution is 6.24. The second-order valence-corrected chi connectivity index (χ2v) is 8.94. The molecule has 6 heteroatoms. The molecule has 136 valence electrons. The number of methoxy groups -OCH3 is 1. The maximum Gasteiger partial charge on any atom is 0.341 e. The molecule has 5 rings (SSSR count). The van der Waals surface area contributed by atoms with Gasteiger partial charge in [-0.3, -0.25) is 4.79 Å². The number of halogens is 1. The van der Waals surface area contributed by atoms with Crippen LogP contribution in [0, 0.1) is 24.2 Å². The van der Waals surface area contributed by atoms with Crippen molar-refractivity contribution in [2.45, 2.75) is 56.9 Å². The van der Waals surface area contributed by atoms with Gasteiger partial charge < -0.3 is 13.9 Å². The van der Waals surface area contributed by atoms with Crippen LogP contribution in [-0.2, 0) is 20.9 Å². The molecule has 0 radical (unpaired) electrons. The second-order valence-electron chi connectivity index (χ2n) is 8.14. The Kier molecular flexibility index (Phi) is 3.91. The number of carbonyl (C=O) groups excluding carboxylic acids is 2. The lowest BCUT2D eigenvalue weighted by Crippen LogP contribution is -2.56. The van der Waals surface area contributed by atoms with E-state index in [4.69, 9.17) is 25.5 Å². The Bertz CT molecular complexity index is 707. The van der Waals surface area contributed by atoms with E-state index in [1.54, 1.807) is 13.0 Å². The predicted molar refractivity (Wildman–Crippen MR) is 90.3 cm³/mol. The molecule has 4 aliphatic rings. The predicted octanol–water partition coefficient (Wildman–Crippen LogP) is 4.00. The first-order valence-electron chi connectivity index (χ1n) is 8.86. The van der Waals surface area contributed by atoms with Gasteiger partial charge in [-0.2, -0.15) is 0 Å². The van der Waals surface area contributed by atoms with E-state index in [1.807, 2.05) is 0 Å². The van der Waals surface area contributed by atoms with Crippen LogP contribution in [0.4, 0.5) is 0 Å². The van der Waals surface area contributed by atoms with E-state index in [9.17, 15) is 9.59 Å². The van der Waals surface area contributed by atoms with E-state index in [-0.39, 0.29) is 17.5 Å². The minimum Gasteiger partial charge on any atom is -0.465 e. The number of aryl methyl sites for hydroxylation is 1. The number of esters is 2. The van der Waals surface area contributed by atoms with E-state index in [0.717, 1.165) is 32.1 Å². The van der Waals surface area contributed by atoms with Crippen LogP contribution in [0.2, 0.25) is 0 Å². The summed E-state index contributed by atoms with van der Waals surface area (Å²) in [6, 6.07) is 1.58. The fraction of sp³-hybridized carbons (Fsp3) is 0.684. The lowest BCUT2D eigenvalue weighted by Gasteiger charge is -2.58. The number of hydrogen-bond donors (Lipinski definition) is 0. The lowest BCUT2D eigenvalue weighted by atomic mass is 9.49. The first kappa shape index (κ1) is 17.0. The van der Waals surface area contributed by atoms with Gasteiger partial charge in [0.15, 0.2) is 0 Å². The first-order chi connectivity index (χ1) is 11.8. The van der Waals surface area contributed by atoms with Crippen LogP contribution >= 0.6 is 11.6 Å². The molecule has 4 aliphatic carbocycles. The molecule has 1 heterocycles. The van der Waals surface area contributed by atoms with Crippen LogP contribution in [0.25, 0.3) is 0 Å². The lowest BCUT2D eigenvalue weighted by molar-refractivity contribution is -0.172. The molecule has 0 aliphatic heterocycles. The molecule has 5 nitrogen and oxygen atoms in total. The normalized spacial score (nSPS) is 35.6. The Labute approximate surface area is 152 Å². The summed E-state index contributed by atoms with van der Waals surface area (Å²) in [4.78, 5) is 24.3. The maximum atomic E-state index is 12.9. The van der Waals surface area contributed by atoms with Gasteiger partial charge in [0.05, 0.1) is 12.5 Å². The monoisotopic (exact) mass is 366 g/mol. The van der Waals surface area contributed by atoms with E-state index >= 15 is 0 Å². The molecule has 25 heavy (non-hydrogen) atoms. The van der Waals surface area contributed by atoms with Crippen LogP contribution in [0.15, 0.2) is 10.5 Å². The minimum absolute atomic E-state index is 0.0308. The summed E-state index contributed by atoms with van der Waals surface area (Å²) in [5, 5.41) is 0. The molecular weight excluding hydrogens is 344 g/mol. The zero-order chi connectivity index (χ0) is 17.8. The zero-order valence-corrected chi connectivity index (χ0v) is 15.4. The van der Waals surface area contributed by atoms with Crippen molar-refractivity contribution in [3.63, 3.8) is 0 Å². The largest absolute Gasteiger partial charge is 0.465 e. The van der Waals surface area contributed by atoms with Crippen molar-refractivity contribution < 1.29 is 23.5 Å². The summed E-state index contributed by atoms with van der Waals surface area (Å²) in [6.45, 7) is 1.72. The number of hydrogen-bond acceptors (Lipinski definition) is 5. The van der Waals surface area contributed by atoms with Gasteiger partial charge in [0.1, 0.15) is 23.7 Å². The summed E-state index contributed by atoms with van der Waals surface area (Å²) in [6.07, 6.45) is 5.75. The van der Waals surface area contributed by atoms with Crippen LogP contribution < -0.4 is 0 Å². The molecule has 4 fully saturated rings. The minimum atomic E-state index is -0.455. The number of alkyl halides is 1. The topological polar surface area (TPSA) is 65.7 Å².